The second-order valence-corrected chi connectivity index (χ2v) is 8.60. The van der Waals surface area contributed by atoms with Crippen LogP contribution in [0.5, 0.6) is 0 Å². The van der Waals surface area contributed by atoms with Gasteiger partial charge in [0.2, 0.25) is 0 Å². The highest BCUT2D eigenvalue weighted by Crippen LogP contribution is 2.23. The minimum atomic E-state index is -4.47. The molecular weight excluding hydrogens is 467 g/mol. The normalized spacial score (nSPS) is 12.1. The number of carbonyl (C=O) groups excluding carboxylic acids is 1. The van der Waals surface area contributed by atoms with Crippen LogP contribution in [0.4, 0.5) is 13.2 Å². The number of unbranched alkanes of at least 4 members (excludes halogenated alkanes) is 1. The van der Waals surface area contributed by atoms with Gasteiger partial charge in [-0.05, 0) is 32.8 Å². The maximum absolute atomic E-state index is 13.4. The highest BCUT2D eigenvalue weighted by Gasteiger charge is 2.31. The first-order chi connectivity index (χ1) is 16.4. The number of hydrogen-bond donors (Lipinski definition) is 1. The van der Waals surface area contributed by atoms with Gasteiger partial charge < -0.3 is 14.2 Å². The summed E-state index contributed by atoms with van der Waals surface area (Å²) < 4.78 is 43.6. The Morgan fingerprint density at radius 3 is 2.29 bits per heavy atom. The van der Waals surface area contributed by atoms with E-state index in [1.165, 1.54) is 24.5 Å². The molecule has 0 unspecified atom stereocenters. The largest absolute Gasteiger partial charge is 0.406 e. The number of rotatable bonds is 10. The monoisotopic (exact) mass is 497 g/mol. The van der Waals surface area contributed by atoms with E-state index in [1.807, 2.05) is 13.8 Å². The van der Waals surface area contributed by atoms with E-state index in [0.717, 1.165) is 15.6 Å². The summed E-state index contributed by atoms with van der Waals surface area (Å²) in [7, 11) is 0. The van der Waals surface area contributed by atoms with Gasteiger partial charge in [0.25, 0.3) is 5.56 Å². The lowest BCUT2D eigenvalue weighted by Gasteiger charge is -2.13. The van der Waals surface area contributed by atoms with Crippen molar-refractivity contribution in [1.29, 1.82) is 0 Å². The zero-order valence-electron chi connectivity index (χ0n) is 20.3. The van der Waals surface area contributed by atoms with Crippen LogP contribution in [0.3, 0.4) is 0 Å². The molecule has 0 saturated heterocycles. The zero-order chi connectivity index (χ0) is 26.1. The molecule has 0 fully saturated rings. The molecular formula is C23H30F3N5O4. The van der Waals surface area contributed by atoms with Crippen LogP contribution in [0, 0.1) is 13.8 Å². The Labute approximate surface area is 199 Å². The van der Waals surface area contributed by atoms with Crippen molar-refractivity contribution in [1.82, 2.24) is 23.3 Å². The molecule has 0 atom stereocenters. The number of aromatic nitrogens is 5. The summed E-state index contributed by atoms with van der Waals surface area (Å²) in [5.41, 5.74) is -0.796. The van der Waals surface area contributed by atoms with Gasteiger partial charge in [-0.1, -0.05) is 20.3 Å². The van der Waals surface area contributed by atoms with E-state index in [1.54, 1.807) is 4.57 Å². The van der Waals surface area contributed by atoms with E-state index in [9.17, 15) is 32.7 Å². The highest BCUT2D eigenvalue weighted by atomic mass is 19.4. The molecule has 0 aliphatic heterocycles. The predicted octanol–water partition coefficient (Wildman–Crippen LogP) is 2.93. The van der Waals surface area contributed by atoms with Crippen molar-refractivity contribution in [2.45, 2.75) is 85.9 Å². The highest BCUT2D eigenvalue weighted by molar-refractivity contribution is 5.97. The van der Waals surface area contributed by atoms with Crippen LogP contribution < -0.4 is 11.2 Å². The van der Waals surface area contributed by atoms with E-state index in [4.69, 9.17) is 0 Å². The van der Waals surface area contributed by atoms with E-state index in [0.29, 0.717) is 19.4 Å². The number of hydrogen-bond acceptors (Lipinski definition) is 5. The van der Waals surface area contributed by atoms with E-state index in [-0.39, 0.29) is 40.5 Å². The summed E-state index contributed by atoms with van der Waals surface area (Å²) >= 11 is 0. The number of halogens is 3. The molecule has 3 aromatic heterocycles. The first-order valence-corrected chi connectivity index (χ1v) is 11.5. The smallest absolute Gasteiger partial charge is 0.388 e. The first kappa shape index (κ1) is 26.5. The Kier molecular flexibility index (Phi) is 7.73. The molecule has 0 spiro atoms. The fraction of sp³-hybridized carbons (Fsp3) is 0.565. The van der Waals surface area contributed by atoms with Gasteiger partial charge in [-0.25, -0.2) is 9.78 Å². The average Bonchev–Trinajstić information content (AvgIpc) is 3.28. The number of alkyl halides is 3. The Hall–Kier alpha value is -3.15. The number of Topliss-reactive ketones (excluding diaryl/α,β-unsaturated/α-hetero) is 1. The van der Waals surface area contributed by atoms with E-state index < -0.39 is 42.9 Å². The van der Waals surface area contributed by atoms with Gasteiger partial charge >= 0.3 is 11.9 Å². The lowest BCUT2D eigenvalue weighted by molar-refractivity contribution is -0.141. The third-order valence-electron chi connectivity index (χ3n) is 6.03. The summed E-state index contributed by atoms with van der Waals surface area (Å²) in [6, 6.07) is 1.34. The molecule has 0 amide bonds. The molecule has 3 heterocycles. The Bertz CT molecular complexity index is 1360. The third-order valence-corrected chi connectivity index (χ3v) is 6.03. The zero-order valence-corrected chi connectivity index (χ0v) is 20.3. The van der Waals surface area contributed by atoms with Crippen molar-refractivity contribution in [3.05, 3.63) is 49.7 Å². The quantitative estimate of drug-likeness (QED) is 0.434. The van der Waals surface area contributed by atoms with Gasteiger partial charge in [-0.3, -0.25) is 18.7 Å². The first-order valence-electron chi connectivity index (χ1n) is 11.5. The standard InChI is InChI=1S/C23H30F3N5O4/c1-5-7-9-29-20-19(28(8-6-2)18(12-32)27-20)21(34)30(22(29)35)11-17(33)16-10-14(3)31(15(16)4)13-23(24,25)26/h10,32H,5-9,11-13H2,1-4H3. The molecule has 0 radical (unpaired) electrons. The number of fused-ring (bicyclic) bond motifs is 1. The number of aliphatic hydroxyl groups is 1. The van der Waals surface area contributed by atoms with Gasteiger partial charge in [0, 0.05) is 30.0 Å². The number of aryl methyl sites for hydroxylation is 3. The second kappa shape index (κ2) is 10.2. The van der Waals surface area contributed by atoms with Crippen molar-refractivity contribution in [2.24, 2.45) is 0 Å². The van der Waals surface area contributed by atoms with E-state index in [2.05, 4.69) is 4.98 Å². The van der Waals surface area contributed by atoms with Crippen molar-refractivity contribution in [3.8, 4) is 0 Å². The van der Waals surface area contributed by atoms with Crippen LogP contribution >= 0.6 is 0 Å². The van der Waals surface area contributed by atoms with Crippen LogP contribution in [0.15, 0.2) is 15.7 Å². The molecule has 0 saturated carbocycles. The van der Waals surface area contributed by atoms with Gasteiger partial charge in [-0.2, -0.15) is 13.2 Å². The predicted molar refractivity (Wildman–Crippen MR) is 124 cm³/mol. The number of imidazole rings is 1. The Balaban J connectivity index is 2.17. The van der Waals surface area contributed by atoms with Gasteiger partial charge in [-0.15, -0.1) is 0 Å². The molecule has 0 bridgehead atoms. The molecule has 1 N–H and O–H groups in total. The number of nitrogens with zero attached hydrogens (tertiary/aromatic N) is 5. The Morgan fingerprint density at radius 1 is 1.03 bits per heavy atom. The molecule has 0 aliphatic rings. The van der Waals surface area contributed by atoms with Gasteiger partial charge in [0.15, 0.2) is 16.9 Å². The summed E-state index contributed by atoms with van der Waals surface area (Å²) in [6.45, 7) is 5.03. The SMILES string of the molecule is CCCCn1c(=O)n(CC(=O)c2cc(C)n(CC(F)(F)F)c2C)c(=O)c2c1nc(CO)n2CCC. The fourth-order valence-electron chi connectivity index (χ4n) is 4.31. The molecule has 0 aliphatic carbocycles. The van der Waals surface area contributed by atoms with Crippen LogP contribution in [-0.2, 0) is 32.8 Å². The molecule has 0 aromatic carbocycles. The average molecular weight is 498 g/mol. The number of carbonyl (C=O) groups is 1. The number of ketones is 1. The van der Waals surface area contributed by atoms with Crippen LogP contribution in [-0.4, -0.2) is 40.3 Å². The molecule has 3 rings (SSSR count). The summed E-state index contributed by atoms with van der Waals surface area (Å²) in [5.74, 6) is -0.403. The molecule has 192 valence electrons. The topological polar surface area (TPSA) is 104 Å². The summed E-state index contributed by atoms with van der Waals surface area (Å²) in [6.07, 6.45) is -2.45. The molecule has 35 heavy (non-hydrogen) atoms. The fourth-order valence-corrected chi connectivity index (χ4v) is 4.31. The lowest BCUT2D eigenvalue weighted by Crippen LogP contribution is -2.42. The number of aliphatic hydroxyl groups excluding tert-OH is 1. The van der Waals surface area contributed by atoms with Crippen LogP contribution in [0.25, 0.3) is 11.2 Å². The lowest BCUT2D eigenvalue weighted by atomic mass is 10.1. The minimum absolute atomic E-state index is 0.0244. The molecule has 3 aromatic rings. The van der Waals surface area contributed by atoms with Crippen LogP contribution in [0.1, 0.15) is 60.7 Å². The summed E-state index contributed by atoms with van der Waals surface area (Å²) in [5, 5.41) is 9.76. The van der Waals surface area contributed by atoms with E-state index >= 15 is 0 Å². The van der Waals surface area contributed by atoms with Gasteiger partial charge in [0.05, 0.1) is 6.54 Å². The summed E-state index contributed by atoms with van der Waals surface area (Å²) in [4.78, 5) is 44.2. The third kappa shape index (κ3) is 5.12. The van der Waals surface area contributed by atoms with Crippen LogP contribution in [0.2, 0.25) is 0 Å². The van der Waals surface area contributed by atoms with Gasteiger partial charge in [0.1, 0.15) is 19.0 Å². The molecule has 12 heteroatoms. The molecule has 9 nitrogen and oxygen atoms in total. The maximum Gasteiger partial charge on any atom is 0.406 e. The maximum atomic E-state index is 13.4. The second-order valence-electron chi connectivity index (χ2n) is 8.60. The van der Waals surface area contributed by atoms with Crippen molar-refractivity contribution < 1.29 is 23.1 Å². The van der Waals surface area contributed by atoms with Crippen molar-refractivity contribution in [3.63, 3.8) is 0 Å². The minimum Gasteiger partial charge on any atom is -0.388 e. The van der Waals surface area contributed by atoms with Crippen molar-refractivity contribution >= 4 is 16.9 Å². The Morgan fingerprint density at radius 2 is 1.71 bits per heavy atom. The van der Waals surface area contributed by atoms with Crippen molar-refractivity contribution in [2.75, 3.05) is 0 Å².